The lowest BCUT2D eigenvalue weighted by Gasteiger charge is -2.23. The molecule has 1 aromatic heterocycles. The van der Waals surface area contributed by atoms with E-state index in [0.29, 0.717) is 13.2 Å². The third kappa shape index (κ3) is 3.62. The number of aromatic nitrogens is 1. The quantitative estimate of drug-likeness (QED) is 0.767. The van der Waals surface area contributed by atoms with Gasteiger partial charge in [0.25, 0.3) is 0 Å². The standard InChI is InChI=1S/C12H18N2O2/c1-4-16-11(15)12(2,3)14-9-10-7-5-6-8-13-10/h5-8,14H,4,9H2,1-3H3. The Balaban J connectivity index is 2.51. The SMILES string of the molecule is CCOC(=O)C(C)(C)NCc1ccccn1. The second-order valence-electron chi connectivity index (χ2n) is 4.02. The molecule has 0 unspecified atom stereocenters. The van der Waals surface area contributed by atoms with Gasteiger partial charge in [0.05, 0.1) is 12.3 Å². The van der Waals surface area contributed by atoms with Crippen LogP contribution in [0.3, 0.4) is 0 Å². The van der Waals surface area contributed by atoms with Crippen molar-refractivity contribution in [3.63, 3.8) is 0 Å². The highest BCUT2D eigenvalue weighted by molar-refractivity contribution is 5.79. The zero-order valence-corrected chi connectivity index (χ0v) is 9.99. The topological polar surface area (TPSA) is 51.2 Å². The van der Waals surface area contributed by atoms with Crippen LogP contribution in [0.15, 0.2) is 24.4 Å². The summed E-state index contributed by atoms with van der Waals surface area (Å²) in [7, 11) is 0. The number of pyridine rings is 1. The van der Waals surface area contributed by atoms with Crippen LogP contribution in [0.2, 0.25) is 0 Å². The van der Waals surface area contributed by atoms with Gasteiger partial charge in [-0.1, -0.05) is 6.07 Å². The van der Waals surface area contributed by atoms with Crippen molar-refractivity contribution in [1.29, 1.82) is 0 Å². The van der Waals surface area contributed by atoms with E-state index in [4.69, 9.17) is 4.74 Å². The number of rotatable bonds is 5. The van der Waals surface area contributed by atoms with Crippen molar-refractivity contribution >= 4 is 5.97 Å². The Bertz CT molecular complexity index is 336. The Labute approximate surface area is 96.0 Å². The molecule has 1 heterocycles. The van der Waals surface area contributed by atoms with Gasteiger partial charge in [-0.05, 0) is 32.9 Å². The summed E-state index contributed by atoms with van der Waals surface area (Å²) in [4.78, 5) is 15.8. The number of hydrogen-bond donors (Lipinski definition) is 1. The van der Waals surface area contributed by atoms with Crippen molar-refractivity contribution in [3.8, 4) is 0 Å². The van der Waals surface area contributed by atoms with Gasteiger partial charge in [-0.25, -0.2) is 0 Å². The smallest absolute Gasteiger partial charge is 0.325 e. The highest BCUT2D eigenvalue weighted by atomic mass is 16.5. The molecule has 88 valence electrons. The Hall–Kier alpha value is -1.42. The molecule has 0 fully saturated rings. The first kappa shape index (κ1) is 12.6. The van der Waals surface area contributed by atoms with E-state index in [2.05, 4.69) is 10.3 Å². The maximum atomic E-state index is 11.6. The summed E-state index contributed by atoms with van der Waals surface area (Å²) in [5, 5.41) is 3.12. The van der Waals surface area contributed by atoms with Crippen molar-refractivity contribution < 1.29 is 9.53 Å². The molecule has 0 spiro atoms. The fourth-order valence-corrected chi connectivity index (χ4v) is 1.20. The summed E-state index contributed by atoms with van der Waals surface area (Å²) in [6, 6.07) is 5.69. The summed E-state index contributed by atoms with van der Waals surface area (Å²) in [6.07, 6.45) is 1.73. The van der Waals surface area contributed by atoms with Crippen LogP contribution in [0, 0.1) is 0 Å². The molecule has 1 N–H and O–H groups in total. The number of nitrogens with zero attached hydrogens (tertiary/aromatic N) is 1. The average molecular weight is 222 g/mol. The van der Waals surface area contributed by atoms with Crippen molar-refractivity contribution in [2.24, 2.45) is 0 Å². The Morgan fingerprint density at radius 3 is 2.81 bits per heavy atom. The number of hydrogen-bond acceptors (Lipinski definition) is 4. The second-order valence-corrected chi connectivity index (χ2v) is 4.02. The normalized spacial score (nSPS) is 11.2. The molecule has 4 heteroatoms. The molecule has 1 rings (SSSR count). The molecule has 16 heavy (non-hydrogen) atoms. The minimum atomic E-state index is -0.687. The molecule has 0 aromatic carbocycles. The zero-order chi connectivity index (χ0) is 12.0. The molecule has 0 saturated carbocycles. The van der Waals surface area contributed by atoms with E-state index in [9.17, 15) is 4.79 Å². The maximum Gasteiger partial charge on any atom is 0.325 e. The first-order valence-electron chi connectivity index (χ1n) is 5.38. The van der Waals surface area contributed by atoms with Gasteiger partial charge in [0.15, 0.2) is 0 Å². The number of carbonyl (C=O) groups excluding carboxylic acids is 1. The minimum absolute atomic E-state index is 0.245. The van der Waals surface area contributed by atoms with Gasteiger partial charge in [-0.3, -0.25) is 15.1 Å². The molecule has 1 aromatic rings. The van der Waals surface area contributed by atoms with Crippen molar-refractivity contribution in [3.05, 3.63) is 30.1 Å². The Kier molecular flexibility index (Phi) is 4.43. The van der Waals surface area contributed by atoms with Crippen LogP contribution in [0.5, 0.6) is 0 Å². The van der Waals surface area contributed by atoms with Crippen LogP contribution in [0.1, 0.15) is 26.5 Å². The molecule has 0 aliphatic rings. The summed E-state index contributed by atoms with van der Waals surface area (Å²) in [5.74, 6) is -0.245. The lowest BCUT2D eigenvalue weighted by molar-refractivity contribution is -0.149. The van der Waals surface area contributed by atoms with Crippen molar-refractivity contribution in [2.75, 3.05) is 6.61 Å². The maximum absolute atomic E-state index is 11.6. The number of nitrogens with one attached hydrogen (secondary N) is 1. The van der Waals surface area contributed by atoms with Gasteiger partial charge in [0, 0.05) is 12.7 Å². The van der Waals surface area contributed by atoms with Gasteiger partial charge in [-0.2, -0.15) is 0 Å². The van der Waals surface area contributed by atoms with E-state index in [1.54, 1.807) is 27.0 Å². The van der Waals surface area contributed by atoms with E-state index >= 15 is 0 Å². The summed E-state index contributed by atoms with van der Waals surface area (Å²) < 4.78 is 4.97. The predicted octanol–water partition coefficient (Wildman–Crippen LogP) is 1.51. The summed E-state index contributed by atoms with van der Waals surface area (Å²) in [5.41, 5.74) is 0.216. The van der Waals surface area contributed by atoms with Crippen LogP contribution in [0.25, 0.3) is 0 Å². The fraction of sp³-hybridized carbons (Fsp3) is 0.500. The van der Waals surface area contributed by atoms with Gasteiger partial charge < -0.3 is 4.74 Å². The molecule has 0 amide bonds. The van der Waals surface area contributed by atoms with Gasteiger partial charge in [-0.15, -0.1) is 0 Å². The van der Waals surface area contributed by atoms with Crippen molar-refractivity contribution in [2.45, 2.75) is 32.9 Å². The number of carbonyl (C=O) groups is 1. The number of ether oxygens (including phenoxy) is 1. The van der Waals surface area contributed by atoms with E-state index in [-0.39, 0.29) is 5.97 Å². The van der Waals surface area contributed by atoms with Crippen LogP contribution in [-0.4, -0.2) is 23.1 Å². The highest BCUT2D eigenvalue weighted by Crippen LogP contribution is 2.06. The van der Waals surface area contributed by atoms with Crippen LogP contribution < -0.4 is 5.32 Å². The van der Waals surface area contributed by atoms with Crippen LogP contribution in [-0.2, 0) is 16.1 Å². The first-order chi connectivity index (χ1) is 7.56. The molecule has 0 saturated heterocycles. The second kappa shape index (κ2) is 5.61. The van der Waals surface area contributed by atoms with Crippen LogP contribution in [0.4, 0.5) is 0 Å². The zero-order valence-electron chi connectivity index (χ0n) is 9.99. The van der Waals surface area contributed by atoms with Gasteiger partial charge in [0.2, 0.25) is 0 Å². The van der Waals surface area contributed by atoms with E-state index < -0.39 is 5.54 Å². The number of esters is 1. The Morgan fingerprint density at radius 1 is 1.50 bits per heavy atom. The lowest BCUT2D eigenvalue weighted by atomic mass is 10.1. The molecule has 4 nitrogen and oxygen atoms in total. The fourth-order valence-electron chi connectivity index (χ4n) is 1.20. The molecule has 0 atom stereocenters. The largest absolute Gasteiger partial charge is 0.465 e. The molecule has 0 aliphatic heterocycles. The third-order valence-electron chi connectivity index (χ3n) is 2.22. The van der Waals surface area contributed by atoms with Gasteiger partial charge in [0.1, 0.15) is 5.54 Å². The van der Waals surface area contributed by atoms with E-state index in [0.717, 1.165) is 5.69 Å². The van der Waals surface area contributed by atoms with E-state index in [1.807, 2.05) is 18.2 Å². The molecule has 0 aliphatic carbocycles. The summed E-state index contributed by atoms with van der Waals surface area (Å²) >= 11 is 0. The minimum Gasteiger partial charge on any atom is -0.465 e. The Morgan fingerprint density at radius 2 is 2.25 bits per heavy atom. The average Bonchev–Trinajstić information content (AvgIpc) is 2.28. The lowest BCUT2D eigenvalue weighted by Crippen LogP contribution is -2.47. The molecular formula is C12H18N2O2. The molecule has 0 radical (unpaired) electrons. The summed E-state index contributed by atoms with van der Waals surface area (Å²) in [6.45, 7) is 6.34. The van der Waals surface area contributed by atoms with Gasteiger partial charge >= 0.3 is 5.97 Å². The molecular weight excluding hydrogens is 204 g/mol. The van der Waals surface area contributed by atoms with Crippen LogP contribution >= 0.6 is 0 Å². The first-order valence-corrected chi connectivity index (χ1v) is 5.38. The third-order valence-corrected chi connectivity index (χ3v) is 2.22. The monoisotopic (exact) mass is 222 g/mol. The molecule has 0 bridgehead atoms. The predicted molar refractivity (Wildman–Crippen MR) is 61.8 cm³/mol. The van der Waals surface area contributed by atoms with Crippen molar-refractivity contribution in [1.82, 2.24) is 10.3 Å². The van der Waals surface area contributed by atoms with E-state index in [1.165, 1.54) is 0 Å². The highest BCUT2D eigenvalue weighted by Gasteiger charge is 2.28.